The van der Waals surface area contributed by atoms with E-state index in [4.69, 9.17) is 9.72 Å². The summed E-state index contributed by atoms with van der Waals surface area (Å²) in [6.45, 7) is 9.23. The Morgan fingerprint density at radius 2 is 1.65 bits per heavy atom. The van der Waals surface area contributed by atoms with Crippen molar-refractivity contribution in [2.75, 3.05) is 44.2 Å². The number of aromatic nitrogens is 1. The molecular formula is C27H37N3O. The smallest absolute Gasteiger partial charge is 0.136 e. The van der Waals surface area contributed by atoms with Gasteiger partial charge in [0, 0.05) is 43.9 Å². The third kappa shape index (κ3) is 6.28. The average molecular weight is 420 g/mol. The maximum absolute atomic E-state index is 5.83. The predicted octanol–water partition coefficient (Wildman–Crippen LogP) is 5.55. The van der Waals surface area contributed by atoms with Gasteiger partial charge < -0.3 is 14.5 Å². The Kier molecular flexibility index (Phi) is 8.86. The highest BCUT2D eigenvalue weighted by molar-refractivity contribution is 5.92. The number of nitrogens with zero attached hydrogens (tertiary/aromatic N) is 3. The number of aryl methyl sites for hydroxylation is 1. The Balaban J connectivity index is 0.00000272. The van der Waals surface area contributed by atoms with Gasteiger partial charge >= 0.3 is 0 Å². The van der Waals surface area contributed by atoms with Crippen LogP contribution >= 0.6 is 0 Å². The molecule has 3 aromatic rings. The van der Waals surface area contributed by atoms with Gasteiger partial charge in [-0.25, -0.2) is 4.98 Å². The Hall–Kier alpha value is -2.43. The van der Waals surface area contributed by atoms with Crippen molar-refractivity contribution in [3.8, 4) is 0 Å². The number of anilines is 1. The molecule has 166 valence electrons. The van der Waals surface area contributed by atoms with E-state index in [1.165, 1.54) is 27.8 Å². The van der Waals surface area contributed by atoms with E-state index in [1.807, 2.05) is 6.07 Å². The van der Waals surface area contributed by atoms with E-state index in [0.717, 1.165) is 58.6 Å². The van der Waals surface area contributed by atoms with Crippen LogP contribution in [-0.2, 0) is 17.8 Å². The average Bonchev–Trinajstić information content (AvgIpc) is 2.81. The predicted molar refractivity (Wildman–Crippen MR) is 132 cm³/mol. The fourth-order valence-corrected chi connectivity index (χ4v) is 4.15. The Morgan fingerprint density at radius 3 is 2.42 bits per heavy atom. The van der Waals surface area contributed by atoms with E-state index in [0.29, 0.717) is 6.61 Å². The highest BCUT2D eigenvalue weighted by Gasteiger charge is 2.19. The van der Waals surface area contributed by atoms with Crippen LogP contribution in [0.1, 0.15) is 38.4 Å². The van der Waals surface area contributed by atoms with Crippen LogP contribution < -0.4 is 4.90 Å². The van der Waals surface area contributed by atoms with Crippen molar-refractivity contribution in [3.05, 3.63) is 71.9 Å². The molecule has 1 fully saturated rings. The third-order valence-corrected chi connectivity index (χ3v) is 5.98. The summed E-state index contributed by atoms with van der Waals surface area (Å²) in [5.74, 6) is 1.17. The van der Waals surface area contributed by atoms with Crippen molar-refractivity contribution in [2.45, 2.75) is 40.2 Å². The highest BCUT2D eigenvalue weighted by atomic mass is 16.5. The number of fused-ring (bicyclic) bond motifs is 1. The highest BCUT2D eigenvalue weighted by Crippen LogP contribution is 2.27. The molecule has 31 heavy (non-hydrogen) atoms. The fraction of sp³-hybridized carbons (Fsp3) is 0.444. The van der Waals surface area contributed by atoms with E-state index in [1.54, 1.807) is 0 Å². The molecule has 1 aliphatic heterocycles. The van der Waals surface area contributed by atoms with Crippen LogP contribution in [0.4, 0.5) is 5.82 Å². The zero-order valence-corrected chi connectivity index (χ0v) is 18.1. The summed E-state index contributed by atoms with van der Waals surface area (Å²) in [4.78, 5) is 10.1. The minimum Gasteiger partial charge on any atom is -0.377 e. The molecule has 2 aromatic carbocycles. The first-order chi connectivity index (χ1) is 14.8. The molecule has 4 heteroatoms. The molecule has 4 rings (SSSR count). The van der Waals surface area contributed by atoms with Crippen LogP contribution in [0.3, 0.4) is 0 Å². The summed E-state index contributed by atoms with van der Waals surface area (Å²) in [6.07, 6.45) is 3.16. The molecule has 0 unspecified atom stereocenters. The van der Waals surface area contributed by atoms with Crippen LogP contribution in [0.15, 0.2) is 60.7 Å². The van der Waals surface area contributed by atoms with Gasteiger partial charge in [0.15, 0.2) is 0 Å². The quantitative estimate of drug-likeness (QED) is 0.425. The zero-order chi connectivity index (χ0) is 20.6. The van der Waals surface area contributed by atoms with Gasteiger partial charge in [0.05, 0.1) is 6.61 Å². The van der Waals surface area contributed by atoms with Crippen LogP contribution in [0, 0.1) is 0 Å². The van der Waals surface area contributed by atoms with Gasteiger partial charge in [0.1, 0.15) is 5.82 Å². The number of rotatable bonds is 9. The van der Waals surface area contributed by atoms with Crippen LogP contribution in [0.25, 0.3) is 10.8 Å². The van der Waals surface area contributed by atoms with Crippen molar-refractivity contribution in [1.82, 2.24) is 9.88 Å². The molecule has 2 heterocycles. The van der Waals surface area contributed by atoms with Crippen LogP contribution in [0.5, 0.6) is 0 Å². The Labute approximate surface area is 187 Å². The minimum atomic E-state index is 0. The van der Waals surface area contributed by atoms with Gasteiger partial charge in [0.2, 0.25) is 0 Å². The fourth-order valence-electron chi connectivity index (χ4n) is 4.15. The van der Waals surface area contributed by atoms with E-state index in [-0.39, 0.29) is 7.43 Å². The molecule has 0 aliphatic carbocycles. The topological polar surface area (TPSA) is 28.6 Å². The first-order valence-corrected chi connectivity index (χ1v) is 11.3. The monoisotopic (exact) mass is 419 g/mol. The van der Waals surface area contributed by atoms with Crippen molar-refractivity contribution in [3.63, 3.8) is 0 Å². The van der Waals surface area contributed by atoms with E-state index >= 15 is 0 Å². The number of ether oxygens (including phenoxy) is 1. The molecular weight excluding hydrogens is 382 g/mol. The number of unbranched alkanes of at least 4 members (excludes halogenated alkanes) is 1. The number of piperazine rings is 1. The lowest BCUT2D eigenvalue weighted by Gasteiger charge is -2.35. The SMILES string of the molecule is C.CCN1CCN(c2nc(CCCCOCc3ccccc3)cc3ccccc23)CC1. The lowest BCUT2D eigenvalue weighted by atomic mass is 10.1. The molecule has 0 spiro atoms. The number of hydrogen-bond acceptors (Lipinski definition) is 4. The number of pyridine rings is 1. The second kappa shape index (κ2) is 11.8. The van der Waals surface area contributed by atoms with Gasteiger partial charge in [-0.1, -0.05) is 68.9 Å². The molecule has 0 bridgehead atoms. The number of benzene rings is 2. The van der Waals surface area contributed by atoms with Crippen LogP contribution in [0.2, 0.25) is 0 Å². The molecule has 0 amide bonds. The Morgan fingerprint density at radius 1 is 0.903 bits per heavy atom. The van der Waals surface area contributed by atoms with Gasteiger partial charge in [0.25, 0.3) is 0 Å². The molecule has 4 nitrogen and oxygen atoms in total. The molecule has 0 saturated carbocycles. The lowest BCUT2D eigenvalue weighted by molar-refractivity contribution is 0.117. The largest absolute Gasteiger partial charge is 0.377 e. The molecule has 1 saturated heterocycles. The molecule has 0 radical (unpaired) electrons. The standard InChI is InChI=1S/C26H33N3O.CH4/c1-2-28-15-17-29(18-16-28)26-25-14-7-6-12-23(25)20-24(27-26)13-8-9-19-30-21-22-10-4-3-5-11-22;/h3-7,10-12,14,20H,2,8-9,13,15-19,21H2,1H3;1H4. The summed E-state index contributed by atoms with van der Waals surface area (Å²) in [5.41, 5.74) is 2.44. The second-order valence-electron chi connectivity index (χ2n) is 8.07. The maximum Gasteiger partial charge on any atom is 0.136 e. The Bertz CT molecular complexity index is 920. The molecule has 0 atom stereocenters. The molecule has 1 aliphatic rings. The van der Waals surface area contributed by atoms with E-state index < -0.39 is 0 Å². The molecule has 1 aromatic heterocycles. The molecule has 0 N–H and O–H groups in total. The number of likely N-dealkylation sites (N-methyl/N-ethyl adjacent to an activating group) is 1. The van der Waals surface area contributed by atoms with E-state index in [2.05, 4.69) is 71.3 Å². The maximum atomic E-state index is 5.83. The lowest BCUT2D eigenvalue weighted by Crippen LogP contribution is -2.46. The van der Waals surface area contributed by atoms with Crippen molar-refractivity contribution < 1.29 is 4.74 Å². The van der Waals surface area contributed by atoms with Gasteiger partial charge in [-0.2, -0.15) is 0 Å². The van der Waals surface area contributed by atoms with Gasteiger partial charge in [-0.05, 0) is 42.8 Å². The van der Waals surface area contributed by atoms with Crippen molar-refractivity contribution in [2.24, 2.45) is 0 Å². The summed E-state index contributed by atoms with van der Waals surface area (Å²) in [5, 5.41) is 2.58. The summed E-state index contributed by atoms with van der Waals surface area (Å²) >= 11 is 0. The van der Waals surface area contributed by atoms with Crippen molar-refractivity contribution in [1.29, 1.82) is 0 Å². The second-order valence-corrected chi connectivity index (χ2v) is 8.07. The normalized spacial score (nSPS) is 14.5. The third-order valence-electron chi connectivity index (χ3n) is 5.98. The summed E-state index contributed by atoms with van der Waals surface area (Å²) < 4.78 is 5.83. The number of hydrogen-bond donors (Lipinski definition) is 0. The van der Waals surface area contributed by atoms with Crippen molar-refractivity contribution >= 4 is 16.6 Å². The van der Waals surface area contributed by atoms with Gasteiger partial charge in [-0.15, -0.1) is 0 Å². The van der Waals surface area contributed by atoms with Crippen LogP contribution in [-0.4, -0.2) is 49.2 Å². The summed E-state index contributed by atoms with van der Waals surface area (Å²) in [7, 11) is 0. The van der Waals surface area contributed by atoms with E-state index in [9.17, 15) is 0 Å². The zero-order valence-electron chi connectivity index (χ0n) is 18.1. The minimum absolute atomic E-state index is 0. The summed E-state index contributed by atoms with van der Waals surface area (Å²) in [6, 6.07) is 21.3. The first-order valence-electron chi connectivity index (χ1n) is 11.3. The first kappa shape index (κ1) is 23.2. The van der Waals surface area contributed by atoms with Gasteiger partial charge in [-0.3, -0.25) is 0 Å².